The van der Waals surface area contributed by atoms with Gasteiger partial charge < -0.3 is 14.8 Å². The van der Waals surface area contributed by atoms with Gasteiger partial charge in [0.1, 0.15) is 6.61 Å². The summed E-state index contributed by atoms with van der Waals surface area (Å²) in [4.78, 5) is 11.6. The van der Waals surface area contributed by atoms with Crippen LogP contribution < -0.4 is 5.32 Å². The molecule has 19 heavy (non-hydrogen) atoms. The monoisotopic (exact) mass is 265 g/mol. The summed E-state index contributed by atoms with van der Waals surface area (Å²) in [6, 6.07) is 8.97. The minimum absolute atomic E-state index is 0.294. The number of carbonyl (C=O) groups is 1. The molecule has 4 nitrogen and oxygen atoms in total. The Balaban J connectivity index is 1.95. The quantitative estimate of drug-likeness (QED) is 0.520. The zero-order chi connectivity index (χ0) is 13.8. The zero-order valence-corrected chi connectivity index (χ0v) is 11.6. The molecule has 0 amide bonds. The van der Waals surface area contributed by atoms with Crippen LogP contribution >= 0.6 is 0 Å². The number of hydrogen-bond acceptors (Lipinski definition) is 4. The van der Waals surface area contributed by atoms with Gasteiger partial charge in [0.15, 0.2) is 0 Å². The van der Waals surface area contributed by atoms with Crippen LogP contribution in [0.4, 0.5) is 0 Å². The van der Waals surface area contributed by atoms with Crippen molar-refractivity contribution in [2.45, 2.75) is 19.8 Å². The Kier molecular flexibility index (Phi) is 8.68. The van der Waals surface area contributed by atoms with Crippen LogP contribution in [-0.2, 0) is 9.47 Å². The molecule has 0 unspecified atom stereocenters. The third-order valence-corrected chi connectivity index (χ3v) is 2.60. The van der Waals surface area contributed by atoms with Crippen LogP contribution in [0.5, 0.6) is 0 Å². The Morgan fingerprint density at radius 2 is 1.89 bits per heavy atom. The summed E-state index contributed by atoms with van der Waals surface area (Å²) in [5, 5.41) is 3.28. The van der Waals surface area contributed by atoms with Gasteiger partial charge in [-0.2, -0.15) is 0 Å². The first-order valence-corrected chi connectivity index (χ1v) is 6.85. The molecule has 1 aromatic carbocycles. The first kappa shape index (κ1) is 15.7. The maximum atomic E-state index is 11.6. The molecular formula is C15H23NO3. The number of hydrogen-bond donors (Lipinski definition) is 1. The van der Waals surface area contributed by atoms with Gasteiger partial charge in [0.2, 0.25) is 0 Å². The van der Waals surface area contributed by atoms with Crippen molar-refractivity contribution in [2.75, 3.05) is 32.9 Å². The van der Waals surface area contributed by atoms with E-state index in [0.29, 0.717) is 25.4 Å². The number of benzene rings is 1. The zero-order valence-electron chi connectivity index (χ0n) is 11.6. The van der Waals surface area contributed by atoms with Crippen LogP contribution in [0.3, 0.4) is 0 Å². The van der Waals surface area contributed by atoms with E-state index >= 15 is 0 Å². The second-order valence-electron chi connectivity index (χ2n) is 4.22. The first-order chi connectivity index (χ1) is 9.34. The third kappa shape index (κ3) is 7.59. The van der Waals surface area contributed by atoms with Crippen molar-refractivity contribution in [3.8, 4) is 0 Å². The number of nitrogens with one attached hydrogen (secondary N) is 1. The van der Waals surface area contributed by atoms with Crippen molar-refractivity contribution in [2.24, 2.45) is 0 Å². The smallest absolute Gasteiger partial charge is 0.338 e. The summed E-state index contributed by atoms with van der Waals surface area (Å²) in [6.45, 7) is 5.41. The van der Waals surface area contributed by atoms with E-state index in [1.54, 1.807) is 12.1 Å². The maximum absolute atomic E-state index is 11.6. The minimum atomic E-state index is -0.301. The number of unbranched alkanes of at least 4 members (excludes halogenated alkanes) is 1. The molecule has 4 heteroatoms. The molecule has 0 fully saturated rings. The average Bonchev–Trinajstić information content (AvgIpc) is 2.46. The molecule has 0 aromatic heterocycles. The number of ether oxygens (including phenoxy) is 2. The van der Waals surface area contributed by atoms with E-state index in [-0.39, 0.29) is 5.97 Å². The second kappa shape index (κ2) is 10.5. The molecule has 1 N–H and O–H groups in total. The molecule has 0 aliphatic carbocycles. The second-order valence-corrected chi connectivity index (χ2v) is 4.22. The van der Waals surface area contributed by atoms with Gasteiger partial charge in [-0.1, -0.05) is 31.5 Å². The molecule has 0 aliphatic rings. The van der Waals surface area contributed by atoms with Gasteiger partial charge in [0, 0.05) is 6.54 Å². The van der Waals surface area contributed by atoms with Crippen molar-refractivity contribution >= 4 is 5.97 Å². The molecule has 0 spiro atoms. The van der Waals surface area contributed by atoms with Gasteiger partial charge in [0.05, 0.1) is 18.8 Å². The Morgan fingerprint density at radius 1 is 1.11 bits per heavy atom. The van der Waals surface area contributed by atoms with E-state index in [4.69, 9.17) is 9.47 Å². The largest absolute Gasteiger partial charge is 0.460 e. The summed E-state index contributed by atoms with van der Waals surface area (Å²) in [7, 11) is 0. The predicted molar refractivity (Wildman–Crippen MR) is 75.3 cm³/mol. The Morgan fingerprint density at radius 3 is 2.63 bits per heavy atom. The van der Waals surface area contributed by atoms with E-state index in [1.807, 2.05) is 18.2 Å². The van der Waals surface area contributed by atoms with Crippen molar-refractivity contribution in [3.63, 3.8) is 0 Å². The summed E-state index contributed by atoms with van der Waals surface area (Å²) in [5.74, 6) is -0.301. The van der Waals surface area contributed by atoms with Crippen LogP contribution in [0.2, 0.25) is 0 Å². The topological polar surface area (TPSA) is 47.6 Å². The van der Waals surface area contributed by atoms with Crippen molar-refractivity contribution in [1.29, 1.82) is 0 Å². The molecule has 106 valence electrons. The van der Waals surface area contributed by atoms with Crippen molar-refractivity contribution in [1.82, 2.24) is 5.32 Å². The Labute approximate surface area is 115 Å². The molecule has 0 saturated heterocycles. The standard InChI is InChI=1S/C15H23NO3/c1-2-3-9-16-10-11-18-12-13-19-15(17)14-7-5-4-6-8-14/h4-8,16H,2-3,9-13H2,1H3. The summed E-state index contributed by atoms with van der Waals surface area (Å²) in [5.41, 5.74) is 0.573. The summed E-state index contributed by atoms with van der Waals surface area (Å²) in [6.07, 6.45) is 2.39. The lowest BCUT2D eigenvalue weighted by Crippen LogP contribution is -2.21. The van der Waals surface area contributed by atoms with Gasteiger partial charge >= 0.3 is 5.97 Å². The molecule has 0 heterocycles. The fraction of sp³-hybridized carbons (Fsp3) is 0.533. The summed E-state index contributed by atoms with van der Waals surface area (Å²) < 4.78 is 10.4. The van der Waals surface area contributed by atoms with Crippen molar-refractivity contribution in [3.05, 3.63) is 35.9 Å². The van der Waals surface area contributed by atoms with E-state index in [0.717, 1.165) is 13.1 Å². The highest BCUT2D eigenvalue weighted by molar-refractivity contribution is 5.89. The van der Waals surface area contributed by atoms with E-state index in [1.165, 1.54) is 12.8 Å². The van der Waals surface area contributed by atoms with Gasteiger partial charge in [-0.25, -0.2) is 4.79 Å². The van der Waals surface area contributed by atoms with Gasteiger partial charge in [-0.15, -0.1) is 0 Å². The molecule has 0 radical (unpaired) electrons. The van der Waals surface area contributed by atoms with Crippen LogP contribution in [0.1, 0.15) is 30.1 Å². The van der Waals surface area contributed by atoms with Crippen molar-refractivity contribution < 1.29 is 14.3 Å². The normalized spacial score (nSPS) is 10.4. The highest BCUT2D eigenvalue weighted by Gasteiger charge is 2.04. The molecule has 1 rings (SSSR count). The van der Waals surface area contributed by atoms with Crippen LogP contribution in [-0.4, -0.2) is 38.9 Å². The van der Waals surface area contributed by atoms with Crippen LogP contribution in [0, 0.1) is 0 Å². The van der Waals surface area contributed by atoms with Gasteiger partial charge in [-0.05, 0) is 25.1 Å². The third-order valence-electron chi connectivity index (χ3n) is 2.60. The first-order valence-electron chi connectivity index (χ1n) is 6.85. The fourth-order valence-corrected chi connectivity index (χ4v) is 1.52. The van der Waals surface area contributed by atoms with E-state index in [2.05, 4.69) is 12.2 Å². The van der Waals surface area contributed by atoms with Gasteiger partial charge in [0.25, 0.3) is 0 Å². The maximum Gasteiger partial charge on any atom is 0.338 e. The van der Waals surface area contributed by atoms with Crippen LogP contribution in [0.15, 0.2) is 30.3 Å². The Hall–Kier alpha value is -1.39. The molecular weight excluding hydrogens is 242 g/mol. The molecule has 0 bridgehead atoms. The number of carbonyl (C=O) groups excluding carboxylic acids is 1. The highest BCUT2D eigenvalue weighted by Crippen LogP contribution is 2.00. The molecule has 1 aromatic rings. The molecule has 0 aliphatic heterocycles. The van der Waals surface area contributed by atoms with Crippen LogP contribution in [0.25, 0.3) is 0 Å². The highest BCUT2D eigenvalue weighted by atomic mass is 16.6. The fourth-order valence-electron chi connectivity index (χ4n) is 1.52. The molecule has 0 saturated carbocycles. The summed E-state index contributed by atoms with van der Waals surface area (Å²) >= 11 is 0. The number of esters is 1. The predicted octanol–water partition coefficient (Wildman–Crippen LogP) is 2.25. The lowest BCUT2D eigenvalue weighted by atomic mass is 10.2. The van der Waals surface area contributed by atoms with E-state index < -0.39 is 0 Å². The minimum Gasteiger partial charge on any atom is -0.460 e. The Bertz CT molecular complexity index is 341. The lowest BCUT2D eigenvalue weighted by Gasteiger charge is -2.07. The molecule has 0 atom stereocenters. The number of rotatable bonds is 10. The van der Waals surface area contributed by atoms with Gasteiger partial charge in [-0.3, -0.25) is 0 Å². The van der Waals surface area contributed by atoms with E-state index in [9.17, 15) is 4.79 Å². The lowest BCUT2D eigenvalue weighted by molar-refractivity contribution is 0.0322. The SMILES string of the molecule is CCCCNCCOCCOC(=O)c1ccccc1. The average molecular weight is 265 g/mol.